The van der Waals surface area contributed by atoms with Gasteiger partial charge in [-0.1, -0.05) is 30.2 Å². The molecule has 6 nitrogen and oxygen atoms in total. The molecule has 2 aromatic rings. The van der Waals surface area contributed by atoms with E-state index in [9.17, 15) is 13.2 Å². The van der Waals surface area contributed by atoms with Crippen molar-refractivity contribution in [2.75, 3.05) is 25.5 Å². The third-order valence-corrected chi connectivity index (χ3v) is 5.40. The van der Waals surface area contributed by atoms with Gasteiger partial charge in [-0.25, -0.2) is 8.42 Å². The average Bonchev–Trinajstić information content (AvgIpc) is 2.62. The molecule has 0 saturated heterocycles. The number of nitrogens with zero attached hydrogens (tertiary/aromatic N) is 1. The highest BCUT2D eigenvalue weighted by Crippen LogP contribution is 2.25. The topological polar surface area (TPSA) is 75.7 Å². The van der Waals surface area contributed by atoms with Gasteiger partial charge in [-0.3, -0.25) is 4.79 Å². The number of hydrogen-bond donors (Lipinski definition) is 1. The first kappa shape index (κ1) is 19.5. The number of terminal acetylenes is 1. The van der Waals surface area contributed by atoms with E-state index in [4.69, 9.17) is 11.2 Å². The van der Waals surface area contributed by atoms with Gasteiger partial charge in [0.25, 0.3) is 0 Å². The highest BCUT2D eigenvalue weighted by Gasteiger charge is 2.26. The van der Waals surface area contributed by atoms with Crippen molar-refractivity contribution in [3.05, 3.63) is 54.1 Å². The molecule has 0 unspecified atom stereocenters. The number of carbonyl (C=O) groups excluding carboxylic acids is 1. The van der Waals surface area contributed by atoms with Gasteiger partial charge in [0, 0.05) is 0 Å². The van der Waals surface area contributed by atoms with E-state index in [1.165, 1.54) is 19.2 Å². The van der Waals surface area contributed by atoms with Gasteiger partial charge in [0.1, 0.15) is 5.75 Å². The molecule has 0 radical (unpaired) electrons. The number of aryl methyl sites for hydroxylation is 1. The molecule has 1 amide bonds. The SMILES string of the molecule is C#CCN(CC(=O)Nc1cc(C)ccc1OC)S(=O)(=O)c1ccccc1. The first-order valence-corrected chi connectivity index (χ1v) is 9.25. The molecule has 2 aromatic carbocycles. The van der Waals surface area contributed by atoms with E-state index < -0.39 is 22.5 Å². The standard InChI is InChI=1S/C19H20N2O4S/c1-4-12-21(26(23,24)16-8-6-5-7-9-16)14-19(22)20-17-13-15(2)10-11-18(17)25-3/h1,5-11,13H,12,14H2,2-3H3,(H,20,22). The Bertz CT molecular complexity index is 918. The van der Waals surface area contributed by atoms with Crippen molar-refractivity contribution >= 4 is 21.6 Å². The maximum Gasteiger partial charge on any atom is 0.244 e. The number of amides is 1. The van der Waals surface area contributed by atoms with Gasteiger partial charge in [0.05, 0.1) is 30.8 Å². The third kappa shape index (κ3) is 4.63. The van der Waals surface area contributed by atoms with E-state index in [1.54, 1.807) is 30.3 Å². The molecule has 0 aliphatic carbocycles. The molecule has 136 valence electrons. The summed E-state index contributed by atoms with van der Waals surface area (Å²) in [6, 6.07) is 13.2. The van der Waals surface area contributed by atoms with E-state index in [-0.39, 0.29) is 11.4 Å². The Balaban J connectivity index is 2.22. The smallest absolute Gasteiger partial charge is 0.244 e. The van der Waals surface area contributed by atoms with Crippen LogP contribution < -0.4 is 10.1 Å². The van der Waals surface area contributed by atoms with Gasteiger partial charge in [0.15, 0.2) is 0 Å². The molecular formula is C19H20N2O4S. The van der Waals surface area contributed by atoms with Crippen LogP contribution in [0.1, 0.15) is 5.56 Å². The van der Waals surface area contributed by atoms with Crippen LogP contribution in [0.15, 0.2) is 53.4 Å². The zero-order chi connectivity index (χ0) is 19.2. The van der Waals surface area contributed by atoms with E-state index in [0.717, 1.165) is 9.87 Å². The fourth-order valence-electron chi connectivity index (χ4n) is 2.34. The predicted molar refractivity (Wildman–Crippen MR) is 100 cm³/mol. The summed E-state index contributed by atoms with van der Waals surface area (Å²) in [5.41, 5.74) is 1.40. The first-order valence-electron chi connectivity index (χ1n) is 7.81. The number of nitrogens with one attached hydrogen (secondary N) is 1. The second kappa shape index (κ2) is 8.52. The van der Waals surface area contributed by atoms with Crippen LogP contribution in [0.4, 0.5) is 5.69 Å². The minimum Gasteiger partial charge on any atom is -0.495 e. The maximum atomic E-state index is 12.7. The average molecular weight is 372 g/mol. The van der Waals surface area contributed by atoms with Crippen LogP contribution >= 0.6 is 0 Å². The molecule has 0 saturated carbocycles. The third-order valence-electron chi connectivity index (χ3n) is 3.60. The van der Waals surface area contributed by atoms with Crippen LogP contribution in [-0.4, -0.2) is 38.8 Å². The summed E-state index contributed by atoms with van der Waals surface area (Å²) < 4.78 is 31.6. The highest BCUT2D eigenvalue weighted by atomic mass is 32.2. The number of hydrogen-bond acceptors (Lipinski definition) is 4. The van der Waals surface area contributed by atoms with Crippen LogP contribution in [0.5, 0.6) is 5.75 Å². The fourth-order valence-corrected chi connectivity index (χ4v) is 3.67. The van der Waals surface area contributed by atoms with Gasteiger partial charge in [-0.15, -0.1) is 6.42 Å². The Morgan fingerprint density at radius 2 is 1.92 bits per heavy atom. The van der Waals surface area contributed by atoms with Crippen molar-refractivity contribution in [3.63, 3.8) is 0 Å². The number of methoxy groups -OCH3 is 1. The fraction of sp³-hybridized carbons (Fsp3) is 0.211. The van der Waals surface area contributed by atoms with E-state index >= 15 is 0 Å². The van der Waals surface area contributed by atoms with E-state index in [0.29, 0.717) is 11.4 Å². The Labute approximate surface area is 153 Å². The monoisotopic (exact) mass is 372 g/mol. The summed E-state index contributed by atoms with van der Waals surface area (Å²) in [5, 5.41) is 2.68. The number of rotatable bonds is 7. The molecule has 0 aliphatic heterocycles. The van der Waals surface area contributed by atoms with Crippen LogP contribution in [0.2, 0.25) is 0 Å². The second-order valence-electron chi connectivity index (χ2n) is 5.54. The molecule has 0 atom stereocenters. The molecular weight excluding hydrogens is 352 g/mol. The van der Waals surface area contributed by atoms with E-state index in [1.807, 2.05) is 13.0 Å². The Kier molecular flexibility index (Phi) is 6.39. The van der Waals surface area contributed by atoms with Crippen molar-refractivity contribution in [1.29, 1.82) is 0 Å². The number of benzene rings is 2. The van der Waals surface area contributed by atoms with Crippen molar-refractivity contribution in [2.24, 2.45) is 0 Å². The van der Waals surface area contributed by atoms with Gasteiger partial charge < -0.3 is 10.1 Å². The minimum atomic E-state index is -3.88. The number of sulfonamides is 1. The molecule has 2 rings (SSSR count). The van der Waals surface area contributed by atoms with Crippen molar-refractivity contribution in [1.82, 2.24) is 4.31 Å². The number of ether oxygens (including phenoxy) is 1. The lowest BCUT2D eigenvalue weighted by molar-refractivity contribution is -0.116. The van der Waals surface area contributed by atoms with Gasteiger partial charge in [-0.2, -0.15) is 4.31 Å². The van der Waals surface area contributed by atoms with Crippen LogP contribution in [-0.2, 0) is 14.8 Å². The summed E-state index contributed by atoms with van der Waals surface area (Å²) in [7, 11) is -2.38. The largest absolute Gasteiger partial charge is 0.495 e. The van der Waals surface area contributed by atoms with Crippen LogP contribution in [0.25, 0.3) is 0 Å². The lowest BCUT2D eigenvalue weighted by Gasteiger charge is -2.20. The van der Waals surface area contributed by atoms with Crippen molar-refractivity contribution < 1.29 is 17.9 Å². The molecule has 0 aromatic heterocycles. The number of anilines is 1. The zero-order valence-corrected chi connectivity index (χ0v) is 15.4. The molecule has 0 aliphatic rings. The van der Waals surface area contributed by atoms with Gasteiger partial charge in [-0.05, 0) is 36.8 Å². The molecule has 0 bridgehead atoms. The van der Waals surface area contributed by atoms with Gasteiger partial charge in [0.2, 0.25) is 15.9 Å². The molecule has 0 fully saturated rings. The summed E-state index contributed by atoms with van der Waals surface area (Å²) in [6.45, 7) is 1.26. The van der Waals surface area contributed by atoms with Crippen LogP contribution in [0, 0.1) is 19.3 Å². The van der Waals surface area contributed by atoms with Crippen LogP contribution in [0.3, 0.4) is 0 Å². The zero-order valence-electron chi connectivity index (χ0n) is 14.6. The highest BCUT2D eigenvalue weighted by molar-refractivity contribution is 7.89. The molecule has 0 spiro atoms. The first-order chi connectivity index (χ1) is 12.4. The quantitative estimate of drug-likeness (QED) is 0.757. The molecule has 1 N–H and O–H groups in total. The lowest BCUT2D eigenvalue weighted by atomic mass is 10.2. The van der Waals surface area contributed by atoms with Crippen molar-refractivity contribution in [3.8, 4) is 18.1 Å². The molecule has 0 heterocycles. The predicted octanol–water partition coefficient (Wildman–Crippen LogP) is 2.27. The summed E-state index contributed by atoms with van der Waals surface area (Å²) in [4.78, 5) is 12.5. The number of carbonyl (C=O) groups is 1. The van der Waals surface area contributed by atoms with Gasteiger partial charge >= 0.3 is 0 Å². The Morgan fingerprint density at radius 3 is 2.54 bits per heavy atom. The normalized spacial score (nSPS) is 11.0. The second-order valence-corrected chi connectivity index (χ2v) is 7.48. The maximum absolute atomic E-state index is 12.7. The molecule has 26 heavy (non-hydrogen) atoms. The van der Waals surface area contributed by atoms with E-state index in [2.05, 4.69) is 11.2 Å². The lowest BCUT2D eigenvalue weighted by Crippen LogP contribution is -2.38. The Hall–Kier alpha value is -2.82. The summed E-state index contributed by atoms with van der Waals surface area (Å²) >= 11 is 0. The minimum absolute atomic E-state index is 0.0798. The van der Waals surface area contributed by atoms with Crippen molar-refractivity contribution in [2.45, 2.75) is 11.8 Å². The summed E-state index contributed by atoms with van der Waals surface area (Å²) in [6.07, 6.45) is 5.29. The summed E-state index contributed by atoms with van der Waals surface area (Å²) in [5.74, 6) is 2.26. The molecule has 7 heteroatoms. The Morgan fingerprint density at radius 1 is 1.23 bits per heavy atom.